The predicted molar refractivity (Wildman–Crippen MR) is 222 cm³/mol. The third-order valence-corrected chi connectivity index (χ3v) is 10.5. The normalized spacial score (nSPS) is 15.2. The van der Waals surface area contributed by atoms with E-state index >= 15 is 0 Å². The Labute approximate surface area is 307 Å². The van der Waals surface area contributed by atoms with E-state index in [1.165, 1.54) is 84.3 Å². The molecule has 0 saturated heterocycles. The molecule has 0 N–H and O–H groups in total. The second-order valence-electron chi connectivity index (χ2n) is 14.3. The van der Waals surface area contributed by atoms with Gasteiger partial charge in [0.2, 0.25) is 0 Å². The van der Waals surface area contributed by atoms with Crippen molar-refractivity contribution in [2.45, 2.75) is 66.7 Å². The number of allylic oxidation sites excluding steroid dienone is 4. The van der Waals surface area contributed by atoms with Crippen LogP contribution in [0.3, 0.4) is 0 Å². The molecule has 1 atom stereocenters. The SMILES string of the molecule is CC.CC1C=CC(c2ccccc2)=CC1.Cc1ccc(-c2cccc3c2Cc2ccccc2-3)cc1.Cc1cccc2c1-c1ccccc1C2(C)C. The molecule has 0 heteroatoms. The van der Waals surface area contributed by atoms with E-state index in [4.69, 9.17) is 0 Å². The molecular weight excluding hydrogens is 613 g/mol. The van der Waals surface area contributed by atoms with Crippen LogP contribution in [0.1, 0.15) is 80.0 Å². The first-order valence-electron chi connectivity index (χ1n) is 18.7. The molecule has 0 heterocycles. The topological polar surface area (TPSA) is 0 Å². The van der Waals surface area contributed by atoms with Crippen LogP contribution in [0, 0.1) is 19.8 Å². The van der Waals surface area contributed by atoms with Crippen molar-refractivity contribution in [3.63, 3.8) is 0 Å². The molecular formula is C51H52. The lowest BCUT2D eigenvalue weighted by Crippen LogP contribution is -2.14. The van der Waals surface area contributed by atoms with Crippen LogP contribution in [0.25, 0.3) is 39.0 Å². The largest absolute Gasteiger partial charge is 0.0808 e. The molecule has 0 aliphatic heterocycles. The average molecular weight is 665 g/mol. The third kappa shape index (κ3) is 7.47. The van der Waals surface area contributed by atoms with E-state index in [9.17, 15) is 0 Å². The summed E-state index contributed by atoms with van der Waals surface area (Å²) in [6, 6.07) is 50.2. The molecule has 6 aromatic carbocycles. The highest BCUT2D eigenvalue weighted by Gasteiger charge is 2.35. The first kappa shape index (κ1) is 35.6. The Morgan fingerprint density at radius 1 is 0.549 bits per heavy atom. The minimum atomic E-state index is 0.151. The molecule has 3 aliphatic carbocycles. The standard InChI is InChI=1S/C20H16.C16H16.C13H14.C2H6/c1-14-9-11-15(12-10-14)17-7-4-8-19-18-6-3-2-5-16(18)13-20(17)19;1-11-7-6-10-14-15(11)12-8-4-5-9-13(12)16(14,2)3;1-11-7-9-13(10-8-11)12-5-3-2-4-6-12;1-2/h2-12H,13H2,1H3;4-10H,1-3H3;2-7,9-11H,8H2,1H3;1-2H3. The molecule has 3 aliphatic rings. The van der Waals surface area contributed by atoms with Gasteiger partial charge in [-0.05, 0) is 105 Å². The smallest absolute Gasteiger partial charge is 0.0158 e. The fraction of sp³-hybridized carbons (Fsp3) is 0.216. The summed E-state index contributed by atoms with van der Waals surface area (Å²) in [7, 11) is 0. The molecule has 6 aromatic rings. The molecule has 0 radical (unpaired) electrons. The van der Waals surface area contributed by atoms with Crippen molar-refractivity contribution in [2.24, 2.45) is 5.92 Å². The predicted octanol–water partition coefficient (Wildman–Crippen LogP) is 14.2. The average Bonchev–Trinajstić information content (AvgIpc) is 3.67. The van der Waals surface area contributed by atoms with Gasteiger partial charge < -0.3 is 0 Å². The van der Waals surface area contributed by atoms with Crippen LogP contribution in [0.2, 0.25) is 0 Å². The van der Waals surface area contributed by atoms with Crippen molar-refractivity contribution in [3.8, 4) is 33.4 Å². The maximum Gasteiger partial charge on any atom is 0.0158 e. The first-order chi connectivity index (χ1) is 24.8. The van der Waals surface area contributed by atoms with Gasteiger partial charge in [0.1, 0.15) is 0 Å². The lowest BCUT2D eigenvalue weighted by atomic mass is 9.82. The van der Waals surface area contributed by atoms with Crippen LogP contribution in [-0.4, -0.2) is 0 Å². The van der Waals surface area contributed by atoms with Crippen LogP contribution in [-0.2, 0) is 11.8 Å². The Bertz CT molecular complexity index is 2160. The highest BCUT2D eigenvalue weighted by molar-refractivity contribution is 5.85. The van der Waals surface area contributed by atoms with Gasteiger partial charge in [-0.3, -0.25) is 0 Å². The Balaban J connectivity index is 0.000000132. The molecule has 9 rings (SSSR count). The van der Waals surface area contributed by atoms with Crippen molar-refractivity contribution < 1.29 is 0 Å². The second-order valence-corrected chi connectivity index (χ2v) is 14.3. The summed E-state index contributed by atoms with van der Waals surface area (Å²) in [4.78, 5) is 0. The summed E-state index contributed by atoms with van der Waals surface area (Å²) in [6.07, 6.45) is 9.04. The van der Waals surface area contributed by atoms with Gasteiger partial charge >= 0.3 is 0 Å². The van der Waals surface area contributed by atoms with Crippen molar-refractivity contribution >= 4 is 5.57 Å². The van der Waals surface area contributed by atoms with Crippen molar-refractivity contribution in [2.75, 3.05) is 0 Å². The zero-order valence-electron chi connectivity index (χ0n) is 31.5. The van der Waals surface area contributed by atoms with Gasteiger partial charge in [0.05, 0.1) is 0 Å². The summed E-state index contributed by atoms with van der Waals surface area (Å²) >= 11 is 0. The van der Waals surface area contributed by atoms with Crippen molar-refractivity contribution in [1.29, 1.82) is 0 Å². The minimum Gasteiger partial charge on any atom is -0.0808 e. The van der Waals surface area contributed by atoms with E-state index in [0.29, 0.717) is 5.92 Å². The van der Waals surface area contributed by atoms with Gasteiger partial charge in [-0.15, -0.1) is 0 Å². The molecule has 0 fully saturated rings. The highest BCUT2D eigenvalue weighted by Crippen LogP contribution is 2.49. The number of fused-ring (bicyclic) bond motifs is 6. The van der Waals surface area contributed by atoms with Gasteiger partial charge in [0, 0.05) is 5.41 Å². The van der Waals surface area contributed by atoms with E-state index in [2.05, 4.69) is 192 Å². The van der Waals surface area contributed by atoms with Crippen LogP contribution in [0.4, 0.5) is 0 Å². The maximum atomic E-state index is 2.32. The summed E-state index contributed by atoms with van der Waals surface area (Å²) in [5, 5.41) is 0. The number of aryl methyl sites for hydroxylation is 2. The van der Waals surface area contributed by atoms with E-state index in [1.54, 1.807) is 0 Å². The van der Waals surface area contributed by atoms with Crippen LogP contribution in [0.15, 0.2) is 158 Å². The van der Waals surface area contributed by atoms with Gasteiger partial charge in [0.15, 0.2) is 0 Å². The number of hydrogen-bond donors (Lipinski definition) is 0. The summed E-state index contributed by atoms with van der Waals surface area (Å²) < 4.78 is 0. The Morgan fingerprint density at radius 3 is 1.88 bits per heavy atom. The Kier molecular flexibility index (Phi) is 11.0. The molecule has 0 spiro atoms. The maximum absolute atomic E-state index is 2.32. The first-order valence-corrected chi connectivity index (χ1v) is 18.7. The van der Waals surface area contributed by atoms with Gasteiger partial charge in [-0.2, -0.15) is 0 Å². The third-order valence-electron chi connectivity index (χ3n) is 10.5. The lowest BCUT2D eigenvalue weighted by molar-refractivity contribution is 0.660. The Hall–Kier alpha value is -5.20. The highest BCUT2D eigenvalue weighted by atomic mass is 14.4. The van der Waals surface area contributed by atoms with Crippen molar-refractivity contribution in [3.05, 3.63) is 197 Å². The van der Waals surface area contributed by atoms with E-state index in [0.717, 1.165) is 6.42 Å². The quantitative estimate of drug-likeness (QED) is 0.173. The summed E-state index contributed by atoms with van der Waals surface area (Å²) in [6.45, 7) is 15.2. The fourth-order valence-electron chi connectivity index (χ4n) is 7.67. The monoisotopic (exact) mass is 664 g/mol. The van der Waals surface area contributed by atoms with Gasteiger partial charge in [-0.1, -0.05) is 198 Å². The molecule has 256 valence electrons. The summed E-state index contributed by atoms with van der Waals surface area (Å²) in [5.74, 6) is 0.701. The van der Waals surface area contributed by atoms with E-state index < -0.39 is 0 Å². The van der Waals surface area contributed by atoms with E-state index in [-0.39, 0.29) is 5.41 Å². The van der Waals surface area contributed by atoms with Gasteiger partial charge in [-0.25, -0.2) is 0 Å². The minimum absolute atomic E-state index is 0.151. The zero-order valence-corrected chi connectivity index (χ0v) is 31.5. The number of hydrogen-bond acceptors (Lipinski definition) is 0. The van der Waals surface area contributed by atoms with E-state index in [1.807, 2.05) is 13.8 Å². The molecule has 51 heavy (non-hydrogen) atoms. The summed E-state index contributed by atoms with van der Waals surface area (Å²) in [5.41, 5.74) is 19.7. The van der Waals surface area contributed by atoms with Crippen molar-refractivity contribution in [1.82, 2.24) is 0 Å². The molecule has 0 amide bonds. The zero-order chi connectivity index (χ0) is 36.0. The van der Waals surface area contributed by atoms with Gasteiger partial charge in [0.25, 0.3) is 0 Å². The van der Waals surface area contributed by atoms with Crippen LogP contribution in [0.5, 0.6) is 0 Å². The van der Waals surface area contributed by atoms with Crippen LogP contribution >= 0.6 is 0 Å². The number of rotatable bonds is 2. The fourth-order valence-corrected chi connectivity index (χ4v) is 7.67. The van der Waals surface area contributed by atoms with Crippen LogP contribution < -0.4 is 0 Å². The Morgan fingerprint density at radius 2 is 1.16 bits per heavy atom. The molecule has 0 saturated carbocycles. The number of benzene rings is 6. The second kappa shape index (κ2) is 15.8. The molecule has 0 nitrogen and oxygen atoms in total. The lowest BCUT2D eigenvalue weighted by Gasteiger charge is -2.21. The molecule has 0 aromatic heterocycles. The molecule has 0 bridgehead atoms. The molecule has 1 unspecified atom stereocenters.